The van der Waals surface area contributed by atoms with Crippen molar-refractivity contribution in [3.8, 4) is 0 Å². The van der Waals surface area contributed by atoms with Gasteiger partial charge in [0.1, 0.15) is 0 Å². The average Bonchev–Trinajstić information content (AvgIpc) is 2.51. The maximum atomic E-state index is 11.7. The largest absolute Gasteiger partial charge is 0.550 e. The number of carbonyl (C=O) groups excluding carboxylic acids is 1. The van der Waals surface area contributed by atoms with Crippen molar-refractivity contribution in [2.24, 2.45) is 5.92 Å². The molecule has 16 heavy (non-hydrogen) atoms. The smallest absolute Gasteiger partial charge is 0.241 e. The minimum Gasteiger partial charge on any atom is -0.550 e. The molecule has 1 N–H and O–H groups in total. The highest BCUT2D eigenvalue weighted by Gasteiger charge is 2.36. The van der Waals surface area contributed by atoms with Gasteiger partial charge in [-0.2, -0.15) is 0 Å². The number of carboxylic acids is 1. The molecule has 0 aromatic heterocycles. The first-order valence-electron chi connectivity index (χ1n) is 4.75. The van der Waals surface area contributed by atoms with E-state index in [1.807, 2.05) is 0 Å². The summed E-state index contributed by atoms with van der Waals surface area (Å²) >= 11 is 0. The molecule has 2 rings (SSSR count). The number of benzene rings is 1. The molecule has 1 heterocycles. The highest BCUT2D eigenvalue weighted by atomic mass is 32.2. The molecule has 0 amide bonds. The first kappa shape index (κ1) is 11.1. The molecule has 1 aromatic rings. The molecule has 0 saturated heterocycles. The third-order valence-electron chi connectivity index (χ3n) is 2.70. The number of carbonyl (C=O) groups is 1. The Morgan fingerprint density at radius 1 is 1.44 bits per heavy atom. The zero-order valence-corrected chi connectivity index (χ0v) is 9.32. The Hall–Kier alpha value is -1.40. The van der Waals surface area contributed by atoms with Crippen LogP contribution in [0.25, 0.3) is 0 Å². The molecule has 0 spiro atoms. The van der Waals surface area contributed by atoms with E-state index in [9.17, 15) is 18.3 Å². The van der Waals surface area contributed by atoms with Crippen LogP contribution >= 0.6 is 0 Å². The van der Waals surface area contributed by atoms with Crippen LogP contribution in [0.15, 0.2) is 29.2 Å². The van der Waals surface area contributed by atoms with Gasteiger partial charge in [0.05, 0.1) is 10.9 Å². The molecule has 1 aliphatic heterocycles. The van der Waals surface area contributed by atoms with Crippen LogP contribution in [-0.4, -0.2) is 14.4 Å². The summed E-state index contributed by atoms with van der Waals surface area (Å²) in [5, 5.41) is 10.8. The fraction of sp³-hybridized carbons (Fsp3) is 0.300. The molecule has 0 aliphatic carbocycles. The van der Waals surface area contributed by atoms with Crippen LogP contribution < -0.4 is 9.83 Å². The molecule has 2 unspecified atom stereocenters. The van der Waals surface area contributed by atoms with Gasteiger partial charge in [-0.05, 0) is 11.6 Å². The third-order valence-corrected chi connectivity index (χ3v) is 4.21. The third kappa shape index (κ3) is 1.60. The van der Waals surface area contributed by atoms with E-state index in [0.29, 0.717) is 5.56 Å². The van der Waals surface area contributed by atoms with Gasteiger partial charge in [0.2, 0.25) is 10.0 Å². The number of aliphatic carboxylic acids is 1. The molecular weight excluding hydrogens is 230 g/mol. The summed E-state index contributed by atoms with van der Waals surface area (Å²) in [5.41, 5.74) is 0.485. The van der Waals surface area contributed by atoms with Gasteiger partial charge in [-0.15, -0.1) is 0 Å². The predicted molar refractivity (Wildman–Crippen MR) is 53.7 cm³/mol. The van der Waals surface area contributed by atoms with Crippen LogP contribution in [0, 0.1) is 5.92 Å². The summed E-state index contributed by atoms with van der Waals surface area (Å²) in [5.74, 6) is -2.18. The van der Waals surface area contributed by atoms with Crippen LogP contribution in [0.2, 0.25) is 0 Å². The van der Waals surface area contributed by atoms with E-state index in [1.165, 1.54) is 13.0 Å². The Bertz CT molecular complexity index is 538. The van der Waals surface area contributed by atoms with Crippen molar-refractivity contribution >= 4 is 16.0 Å². The zero-order valence-electron chi connectivity index (χ0n) is 8.51. The van der Waals surface area contributed by atoms with Crippen LogP contribution in [0.3, 0.4) is 0 Å². The predicted octanol–water partition coefficient (Wildman–Crippen LogP) is -0.594. The van der Waals surface area contributed by atoms with Crippen molar-refractivity contribution in [2.45, 2.75) is 17.9 Å². The molecule has 2 atom stereocenters. The van der Waals surface area contributed by atoms with Gasteiger partial charge in [-0.3, -0.25) is 0 Å². The second kappa shape index (κ2) is 3.57. The van der Waals surface area contributed by atoms with Crippen LogP contribution in [0.1, 0.15) is 18.5 Å². The lowest BCUT2D eigenvalue weighted by Crippen LogP contribution is -2.37. The maximum Gasteiger partial charge on any atom is 0.241 e. The Labute approximate surface area is 93.2 Å². The van der Waals surface area contributed by atoms with E-state index in [0.717, 1.165) is 0 Å². The molecule has 0 saturated carbocycles. The van der Waals surface area contributed by atoms with Crippen molar-refractivity contribution in [3.63, 3.8) is 0 Å². The quantitative estimate of drug-likeness (QED) is 0.748. The Morgan fingerprint density at radius 3 is 2.69 bits per heavy atom. The number of nitrogens with one attached hydrogen (secondary N) is 1. The van der Waals surface area contributed by atoms with Gasteiger partial charge >= 0.3 is 0 Å². The van der Waals surface area contributed by atoms with Crippen LogP contribution in [0.5, 0.6) is 0 Å². The minimum atomic E-state index is -3.57. The Kier molecular flexibility index (Phi) is 2.47. The number of sulfonamides is 1. The highest BCUT2D eigenvalue weighted by Crippen LogP contribution is 2.34. The van der Waals surface area contributed by atoms with Gasteiger partial charge in [0, 0.05) is 11.9 Å². The minimum absolute atomic E-state index is 0.146. The summed E-state index contributed by atoms with van der Waals surface area (Å²) in [6.45, 7) is 1.42. The summed E-state index contributed by atoms with van der Waals surface area (Å²) < 4.78 is 25.7. The van der Waals surface area contributed by atoms with Crippen LogP contribution in [0.4, 0.5) is 0 Å². The van der Waals surface area contributed by atoms with Gasteiger partial charge in [0.15, 0.2) is 0 Å². The van der Waals surface area contributed by atoms with Crippen molar-refractivity contribution in [1.29, 1.82) is 0 Å². The zero-order chi connectivity index (χ0) is 11.9. The Balaban J connectivity index is 2.53. The number of carboxylic acid groups (broad SMARTS) is 1. The lowest BCUT2D eigenvalue weighted by Gasteiger charge is -2.20. The Morgan fingerprint density at radius 2 is 2.06 bits per heavy atom. The normalized spacial score (nSPS) is 23.7. The van der Waals surface area contributed by atoms with E-state index in [2.05, 4.69) is 4.72 Å². The monoisotopic (exact) mass is 240 g/mol. The molecule has 1 aromatic carbocycles. The van der Waals surface area contributed by atoms with Gasteiger partial charge in [-0.1, -0.05) is 25.1 Å². The van der Waals surface area contributed by atoms with E-state index < -0.39 is 28.0 Å². The first-order valence-corrected chi connectivity index (χ1v) is 6.24. The SMILES string of the molecule is CC(C(=O)[O-])C1NS(=O)(=O)c2ccccc21. The molecule has 86 valence electrons. The maximum absolute atomic E-state index is 11.7. The van der Waals surface area contributed by atoms with E-state index >= 15 is 0 Å². The van der Waals surface area contributed by atoms with Gasteiger partial charge in [-0.25, -0.2) is 13.1 Å². The summed E-state index contributed by atoms with van der Waals surface area (Å²) in [4.78, 5) is 10.9. The van der Waals surface area contributed by atoms with E-state index in [4.69, 9.17) is 0 Å². The van der Waals surface area contributed by atoms with Gasteiger partial charge in [0.25, 0.3) is 0 Å². The van der Waals surface area contributed by atoms with Crippen molar-refractivity contribution in [3.05, 3.63) is 29.8 Å². The number of hydrogen-bond donors (Lipinski definition) is 1. The second-order valence-corrected chi connectivity index (χ2v) is 5.43. The van der Waals surface area contributed by atoms with Crippen molar-refractivity contribution in [2.75, 3.05) is 0 Å². The topological polar surface area (TPSA) is 86.3 Å². The first-order chi connectivity index (χ1) is 7.43. The van der Waals surface area contributed by atoms with Gasteiger partial charge < -0.3 is 9.90 Å². The molecule has 0 fully saturated rings. The summed E-state index contributed by atoms with van der Waals surface area (Å²) in [6, 6.07) is 5.60. The van der Waals surface area contributed by atoms with E-state index in [-0.39, 0.29) is 4.90 Å². The number of rotatable bonds is 2. The van der Waals surface area contributed by atoms with E-state index in [1.54, 1.807) is 18.2 Å². The molecule has 5 nitrogen and oxygen atoms in total. The molecular formula is C10H10NO4S-. The molecule has 6 heteroatoms. The lowest BCUT2D eigenvalue weighted by molar-refractivity contribution is -0.311. The summed E-state index contributed by atoms with van der Waals surface area (Å²) in [6.07, 6.45) is 0. The molecule has 0 radical (unpaired) electrons. The standard InChI is InChI=1S/C10H11NO4S/c1-6(10(12)13)9-7-4-2-3-5-8(7)16(14,15)11-9/h2-6,9,11H,1H3,(H,12,13)/p-1. The average molecular weight is 240 g/mol. The number of hydrogen-bond acceptors (Lipinski definition) is 4. The molecule has 0 bridgehead atoms. The second-order valence-electron chi connectivity index (χ2n) is 3.74. The highest BCUT2D eigenvalue weighted by molar-refractivity contribution is 7.89. The number of fused-ring (bicyclic) bond motifs is 1. The fourth-order valence-electron chi connectivity index (χ4n) is 1.78. The van der Waals surface area contributed by atoms with Crippen LogP contribution in [-0.2, 0) is 14.8 Å². The fourth-order valence-corrected chi connectivity index (χ4v) is 3.34. The summed E-state index contributed by atoms with van der Waals surface area (Å²) in [7, 11) is -3.57. The lowest BCUT2D eigenvalue weighted by atomic mass is 9.96. The van der Waals surface area contributed by atoms with Crippen molar-refractivity contribution < 1.29 is 18.3 Å². The molecule has 1 aliphatic rings. The van der Waals surface area contributed by atoms with Crippen molar-refractivity contribution in [1.82, 2.24) is 4.72 Å².